The largest absolute Gasteiger partial charge is 0.457 e. The van der Waals surface area contributed by atoms with Gasteiger partial charge in [-0.25, -0.2) is 14.3 Å². The molecule has 2 unspecified atom stereocenters. The lowest BCUT2D eigenvalue weighted by Crippen LogP contribution is -2.47. The van der Waals surface area contributed by atoms with Crippen LogP contribution >= 0.6 is 0 Å². The number of aromatic nitrogens is 2. The molecule has 1 aliphatic rings. The number of allylic oxidation sites excluding steroid dienone is 1. The molecule has 0 aliphatic carbocycles. The maximum atomic E-state index is 13.8. The van der Waals surface area contributed by atoms with Gasteiger partial charge in [-0.3, -0.25) is 14.4 Å². The minimum absolute atomic E-state index is 0.0168. The molecule has 0 spiro atoms. The Morgan fingerprint density at radius 3 is 2.44 bits per heavy atom. The van der Waals surface area contributed by atoms with E-state index in [0.29, 0.717) is 30.8 Å². The van der Waals surface area contributed by atoms with Gasteiger partial charge in [-0.2, -0.15) is 0 Å². The Morgan fingerprint density at radius 1 is 1.19 bits per heavy atom. The first-order chi connectivity index (χ1) is 20.1. The number of rotatable bonds is 9. The second-order valence-electron chi connectivity index (χ2n) is 13.2. The first-order valence-electron chi connectivity index (χ1n) is 16.0. The second-order valence-corrected chi connectivity index (χ2v) is 13.2. The summed E-state index contributed by atoms with van der Waals surface area (Å²) < 4.78 is 13.1. The van der Waals surface area contributed by atoms with Gasteiger partial charge in [-0.15, -0.1) is 0 Å². The van der Waals surface area contributed by atoms with Crippen LogP contribution in [0.15, 0.2) is 30.4 Å². The van der Waals surface area contributed by atoms with Crippen molar-refractivity contribution in [2.24, 2.45) is 35.5 Å². The van der Waals surface area contributed by atoms with E-state index in [4.69, 9.17) is 9.47 Å². The molecule has 1 aliphatic heterocycles. The van der Waals surface area contributed by atoms with Gasteiger partial charge in [0, 0.05) is 24.2 Å². The van der Waals surface area contributed by atoms with Gasteiger partial charge in [0.2, 0.25) is 0 Å². The first-order valence-corrected chi connectivity index (χ1v) is 16.0. The Bertz CT molecular complexity index is 1110. The van der Waals surface area contributed by atoms with Crippen molar-refractivity contribution in [1.82, 2.24) is 9.55 Å². The van der Waals surface area contributed by atoms with Gasteiger partial charge in [0.15, 0.2) is 11.4 Å². The number of hydrogen-bond donors (Lipinski definition) is 1. The van der Waals surface area contributed by atoms with E-state index in [9.17, 15) is 24.3 Å². The van der Waals surface area contributed by atoms with Gasteiger partial charge < -0.3 is 14.6 Å². The molecule has 1 aromatic rings. The summed E-state index contributed by atoms with van der Waals surface area (Å²) >= 11 is 0. The van der Waals surface area contributed by atoms with E-state index >= 15 is 0 Å². The number of carbonyl (C=O) groups is 4. The lowest BCUT2D eigenvalue weighted by Gasteiger charge is -2.36. The molecule has 9 heteroatoms. The Kier molecular flexibility index (Phi) is 13.8. The molecule has 0 fully saturated rings. The van der Waals surface area contributed by atoms with E-state index in [0.717, 1.165) is 25.7 Å². The van der Waals surface area contributed by atoms with Gasteiger partial charge >= 0.3 is 12.1 Å². The SMILES string of the molecule is CCC[C@H]1OC(=O)C(C)C(=O)[C@H](C)[C@@H](CCC[C@@H](C)CC(C)O)[C@@H](C)C[C@@H](C)C(=O)/C(C)=C/[C@]1(C)OC(=O)n1ccnc1. The Morgan fingerprint density at radius 2 is 1.86 bits per heavy atom. The smallest absolute Gasteiger partial charge is 0.420 e. The van der Waals surface area contributed by atoms with Crippen LogP contribution in [0, 0.1) is 35.5 Å². The van der Waals surface area contributed by atoms with Crippen LogP contribution in [-0.2, 0) is 23.9 Å². The van der Waals surface area contributed by atoms with Gasteiger partial charge in [0.05, 0.1) is 6.10 Å². The van der Waals surface area contributed by atoms with Gasteiger partial charge in [0.25, 0.3) is 0 Å². The minimum Gasteiger partial charge on any atom is -0.457 e. The topological polar surface area (TPSA) is 125 Å². The van der Waals surface area contributed by atoms with Crippen LogP contribution in [0.2, 0.25) is 0 Å². The van der Waals surface area contributed by atoms with Crippen molar-refractivity contribution >= 4 is 23.6 Å². The molecule has 0 saturated carbocycles. The molecule has 1 aromatic heterocycles. The van der Waals surface area contributed by atoms with Gasteiger partial charge in [0.1, 0.15) is 24.1 Å². The van der Waals surface area contributed by atoms with Crippen molar-refractivity contribution in [1.29, 1.82) is 0 Å². The van der Waals surface area contributed by atoms with Crippen LogP contribution in [-0.4, -0.2) is 56.1 Å². The van der Waals surface area contributed by atoms with E-state index in [2.05, 4.69) is 18.8 Å². The molecule has 0 aromatic carbocycles. The highest BCUT2D eigenvalue weighted by Gasteiger charge is 2.43. The molecule has 242 valence electrons. The van der Waals surface area contributed by atoms with Gasteiger partial charge in [-0.05, 0) is 82.8 Å². The summed E-state index contributed by atoms with van der Waals surface area (Å²) in [5.41, 5.74) is -1.04. The van der Waals surface area contributed by atoms with Crippen LogP contribution in [0.1, 0.15) is 107 Å². The fourth-order valence-corrected chi connectivity index (χ4v) is 6.64. The summed E-state index contributed by atoms with van der Waals surface area (Å²) in [6.07, 6.45) is 8.69. The summed E-state index contributed by atoms with van der Waals surface area (Å²) in [4.78, 5) is 57.9. The lowest BCUT2D eigenvalue weighted by atomic mass is 9.72. The highest BCUT2D eigenvalue weighted by atomic mass is 16.6. The van der Waals surface area contributed by atoms with Crippen molar-refractivity contribution in [3.8, 4) is 0 Å². The summed E-state index contributed by atoms with van der Waals surface area (Å²) in [7, 11) is 0. The number of esters is 1. The summed E-state index contributed by atoms with van der Waals surface area (Å²) in [6.45, 7) is 16.6. The number of aliphatic hydroxyl groups excluding tert-OH is 1. The number of imidazole rings is 1. The van der Waals surface area contributed by atoms with E-state index < -0.39 is 35.6 Å². The van der Waals surface area contributed by atoms with Crippen LogP contribution in [0.25, 0.3) is 0 Å². The van der Waals surface area contributed by atoms with E-state index in [1.807, 2.05) is 20.8 Å². The summed E-state index contributed by atoms with van der Waals surface area (Å²) in [6, 6.07) is 0. The highest BCUT2D eigenvalue weighted by Crippen LogP contribution is 2.36. The molecular weight excluding hydrogens is 548 g/mol. The normalized spacial score (nSPS) is 32.2. The zero-order valence-corrected chi connectivity index (χ0v) is 27.7. The monoisotopic (exact) mass is 602 g/mol. The second kappa shape index (κ2) is 16.3. The Labute approximate surface area is 257 Å². The molecule has 2 rings (SSSR count). The number of Topliss-reactive ketones (excluding diaryl/α,β-unsaturated/α-hetero) is 2. The molecule has 9 nitrogen and oxygen atoms in total. The zero-order chi connectivity index (χ0) is 32.5. The molecule has 0 saturated heterocycles. The van der Waals surface area contributed by atoms with Crippen molar-refractivity contribution in [2.75, 3.05) is 0 Å². The molecule has 0 amide bonds. The van der Waals surface area contributed by atoms with Crippen molar-refractivity contribution in [3.05, 3.63) is 30.4 Å². The molecule has 2 heterocycles. The average Bonchev–Trinajstić information content (AvgIpc) is 3.47. The van der Waals surface area contributed by atoms with Crippen LogP contribution in [0.5, 0.6) is 0 Å². The van der Waals surface area contributed by atoms with Crippen molar-refractivity contribution < 1.29 is 33.8 Å². The standard InChI is InChI=1S/C34H54N2O7/c1-10-12-29-34(9,43-33(41)36-16-15-35-20-36)19-24(5)30(38)23(4)18-22(3)28(14-11-13-21(2)17-25(6)37)26(7)31(39)27(8)32(40)42-29/h15-16,19-23,25-29,37H,10-14,17-18H2,1-9H3/b24-19+/t21-,22+,23-,25?,26-,27?,28+,29-,34+/m1/s1. The van der Waals surface area contributed by atoms with Crippen LogP contribution < -0.4 is 0 Å². The van der Waals surface area contributed by atoms with Crippen molar-refractivity contribution in [2.45, 2.75) is 125 Å². The molecule has 1 N–H and O–H groups in total. The number of ether oxygens (including phenoxy) is 2. The predicted octanol–water partition coefficient (Wildman–Crippen LogP) is 6.56. The molecule has 0 bridgehead atoms. The minimum atomic E-state index is -1.47. The third-order valence-corrected chi connectivity index (χ3v) is 9.12. The zero-order valence-electron chi connectivity index (χ0n) is 27.7. The third-order valence-electron chi connectivity index (χ3n) is 9.12. The average molecular weight is 603 g/mol. The van der Waals surface area contributed by atoms with E-state index in [-0.39, 0.29) is 35.4 Å². The molecular formula is C34H54N2O7. The number of ketones is 2. The molecule has 0 radical (unpaired) electrons. The number of nitrogens with zero attached hydrogens (tertiary/aromatic N) is 2. The first kappa shape index (κ1) is 36.4. The van der Waals surface area contributed by atoms with Crippen LogP contribution in [0.4, 0.5) is 4.79 Å². The highest BCUT2D eigenvalue weighted by molar-refractivity contribution is 6.00. The molecule has 43 heavy (non-hydrogen) atoms. The number of cyclic esters (lactones) is 1. The maximum Gasteiger partial charge on any atom is 0.420 e. The summed E-state index contributed by atoms with van der Waals surface area (Å²) in [5, 5.41) is 9.76. The number of aliphatic hydroxyl groups is 1. The van der Waals surface area contributed by atoms with Crippen LogP contribution in [0.3, 0.4) is 0 Å². The quantitative estimate of drug-likeness (QED) is 0.249. The summed E-state index contributed by atoms with van der Waals surface area (Å²) in [5.74, 6) is -2.29. The van der Waals surface area contributed by atoms with Gasteiger partial charge in [-0.1, -0.05) is 53.9 Å². The van der Waals surface area contributed by atoms with E-state index in [1.54, 1.807) is 33.8 Å². The molecule has 9 atom stereocenters. The van der Waals surface area contributed by atoms with Crippen molar-refractivity contribution in [3.63, 3.8) is 0 Å². The number of carbonyl (C=O) groups excluding carboxylic acids is 4. The van der Waals surface area contributed by atoms with E-state index in [1.165, 1.54) is 23.3 Å². The number of hydrogen-bond acceptors (Lipinski definition) is 8. The lowest BCUT2D eigenvalue weighted by molar-refractivity contribution is -0.167. The fourth-order valence-electron chi connectivity index (χ4n) is 6.64. The Balaban J connectivity index is 2.48. The maximum absolute atomic E-state index is 13.8. The predicted molar refractivity (Wildman–Crippen MR) is 165 cm³/mol. The third kappa shape index (κ3) is 10.1. The Hall–Kier alpha value is -2.81. The fraction of sp³-hybridized carbons (Fsp3) is 0.735.